The van der Waals surface area contributed by atoms with Crippen LogP contribution in [0.3, 0.4) is 0 Å². The summed E-state index contributed by atoms with van der Waals surface area (Å²) in [5, 5.41) is 20.3. The van der Waals surface area contributed by atoms with Crippen molar-refractivity contribution in [1.29, 1.82) is 0 Å². The van der Waals surface area contributed by atoms with Gasteiger partial charge >= 0.3 is 5.97 Å². The molecule has 1 aromatic heterocycles. The average Bonchev–Trinajstić information content (AvgIpc) is 3.39. The Balaban J connectivity index is 1.55. The SMILES string of the molecule is CCCCCCCCOC(=O)CCc1cc(-n2nc3ccc(S(=O)(=O)c4ccccc4)cc3n2)c(O)c(C(C)(C)C)c1. The minimum atomic E-state index is -3.73. The molecule has 0 aliphatic heterocycles. The molecule has 0 bridgehead atoms. The smallest absolute Gasteiger partial charge is 0.306 e. The molecule has 9 heteroatoms. The number of sulfone groups is 1. The van der Waals surface area contributed by atoms with Crippen LogP contribution >= 0.6 is 0 Å². The van der Waals surface area contributed by atoms with E-state index < -0.39 is 15.3 Å². The number of carbonyl (C=O) groups excluding carboxylic acids is 1. The van der Waals surface area contributed by atoms with Crippen molar-refractivity contribution in [3.05, 3.63) is 71.8 Å². The highest BCUT2D eigenvalue weighted by Gasteiger charge is 2.24. The van der Waals surface area contributed by atoms with Crippen molar-refractivity contribution < 1.29 is 23.1 Å². The Labute approximate surface area is 248 Å². The number of unbranched alkanes of at least 4 members (excludes halogenated alkanes) is 5. The van der Waals surface area contributed by atoms with Crippen LogP contribution < -0.4 is 0 Å². The Morgan fingerprint density at radius 1 is 0.881 bits per heavy atom. The first-order valence-corrected chi connectivity index (χ1v) is 16.2. The summed E-state index contributed by atoms with van der Waals surface area (Å²) in [5.41, 5.74) is 2.38. The quantitative estimate of drug-likeness (QED) is 0.130. The first-order chi connectivity index (χ1) is 20.0. The molecule has 0 fully saturated rings. The van der Waals surface area contributed by atoms with Crippen LogP contribution in [-0.4, -0.2) is 41.1 Å². The summed E-state index contributed by atoms with van der Waals surface area (Å²) in [4.78, 5) is 14.1. The molecule has 4 rings (SSSR count). The zero-order chi connectivity index (χ0) is 30.3. The highest BCUT2D eigenvalue weighted by Crippen LogP contribution is 2.37. The molecule has 1 heterocycles. The molecule has 0 atom stereocenters. The maximum Gasteiger partial charge on any atom is 0.306 e. The van der Waals surface area contributed by atoms with Crippen molar-refractivity contribution in [1.82, 2.24) is 15.0 Å². The van der Waals surface area contributed by atoms with Gasteiger partial charge in [-0.3, -0.25) is 4.79 Å². The highest BCUT2D eigenvalue weighted by atomic mass is 32.2. The third kappa shape index (κ3) is 7.56. The van der Waals surface area contributed by atoms with Gasteiger partial charge in [-0.15, -0.1) is 15.0 Å². The first-order valence-electron chi connectivity index (χ1n) is 14.7. The zero-order valence-electron chi connectivity index (χ0n) is 25.0. The maximum absolute atomic E-state index is 13.1. The average molecular weight is 592 g/mol. The summed E-state index contributed by atoms with van der Waals surface area (Å²) < 4.78 is 31.7. The van der Waals surface area contributed by atoms with Crippen molar-refractivity contribution >= 4 is 26.8 Å². The molecule has 0 saturated carbocycles. The van der Waals surface area contributed by atoms with E-state index in [0.29, 0.717) is 35.3 Å². The van der Waals surface area contributed by atoms with Gasteiger partial charge in [0.15, 0.2) is 0 Å². The Hall–Kier alpha value is -3.72. The zero-order valence-corrected chi connectivity index (χ0v) is 25.8. The fourth-order valence-electron chi connectivity index (χ4n) is 4.84. The molecule has 42 heavy (non-hydrogen) atoms. The van der Waals surface area contributed by atoms with E-state index in [1.54, 1.807) is 42.5 Å². The van der Waals surface area contributed by atoms with Gasteiger partial charge in [0, 0.05) is 12.0 Å². The van der Waals surface area contributed by atoms with Crippen LogP contribution in [-0.2, 0) is 31.2 Å². The van der Waals surface area contributed by atoms with Crippen molar-refractivity contribution in [2.75, 3.05) is 6.61 Å². The molecular weight excluding hydrogens is 550 g/mol. The lowest BCUT2D eigenvalue weighted by Crippen LogP contribution is -2.14. The molecule has 0 saturated heterocycles. The summed E-state index contributed by atoms with van der Waals surface area (Å²) in [6.07, 6.45) is 7.43. The number of aromatic nitrogens is 3. The lowest BCUT2D eigenvalue weighted by molar-refractivity contribution is -0.143. The largest absolute Gasteiger partial charge is 0.505 e. The number of phenolic OH excluding ortho intramolecular Hbond substituents is 1. The van der Waals surface area contributed by atoms with E-state index in [9.17, 15) is 18.3 Å². The first kappa shape index (κ1) is 31.2. The number of esters is 1. The van der Waals surface area contributed by atoms with Crippen LogP contribution in [0.5, 0.6) is 5.75 Å². The molecule has 0 unspecified atom stereocenters. The second kappa shape index (κ2) is 13.5. The molecule has 1 N–H and O–H groups in total. The number of fused-ring (bicyclic) bond motifs is 1. The van der Waals surface area contributed by atoms with E-state index in [1.807, 2.05) is 26.8 Å². The fourth-order valence-corrected chi connectivity index (χ4v) is 6.14. The molecule has 0 amide bonds. The molecule has 0 radical (unpaired) electrons. The van der Waals surface area contributed by atoms with Crippen molar-refractivity contribution in [2.24, 2.45) is 0 Å². The summed E-state index contributed by atoms with van der Waals surface area (Å²) in [7, 11) is -3.73. The molecule has 4 aromatic rings. The van der Waals surface area contributed by atoms with Crippen molar-refractivity contribution in [3.63, 3.8) is 0 Å². The standard InChI is InChI=1S/C33H41N3O5S/c1-5-6-7-8-9-13-20-41-31(37)19-16-24-21-27(33(2,3)4)32(38)30(22-24)36-34-28-18-17-26(23-29(28)35-36)42(39,40)25-14-11-10-12-15-25/h10-12,14-15,17-18,21-23,38H,5-9,13,16,19-20H2,1-4H3. The van der Waals surface area contributed by atoms with E-state index in [2.05, 4.69) is 17.1 Å². The Kier molecular flexibility index (Phi) is 10.0. The highest BCUT2D eigenvalue weighted by molar-refractivity contribution is 7.91. The molecular formula is C33H41N3O5S. The normalized spacial score (nSPS) is 12.1. The van der Waals surface area contributed by atoms with Crippen LogP contribution in [0.1, 0.15) is 83.8 Å². The van der Waals surface area contributed by atoms with Crippen LogP contribution in [0.4, 0.5) is 0 Å². The van der Waals surface area contributed by atoms with Gasteiger partial charge in [0.2, 0.25) is 9.84 Å². The van der Waals surface area contributed by atoms with Gasteiger partial charge in [-0.1, -0.05) is 84.1 Å². The number of nitrogens with zero attached hydrogens (tertiary/aromatic N) is 3. The topological polar surface area (TPSA) is 111 Å². The van der Waals surface area contributed by atoms with Crippen LogP contribution in [0.15, 0.2) is 70.5 Å². The van der Waals surface area contributed by atoms with Gasteiger partial charge in [0.05, 0.1) is 16.4 Å². The third-order valence-corrected chi connectivity index (χ3v) is 9.03. The fraction of sp³-hybridized carbons (Fsp3) is 0.424. The van der Waals surface area contributed by atoms with E-state index in [-0.39, 0.29) is 27.9 Å². The van der Waals surface area contributed by atoms with E-state index in [0.717, 1.165) is 24.8 Å². The lowest BCUT2D eigenvalue weighted by atomic mass is 9.84. The van der Waals surface area contributed by atoms with Gasteiger partial charge in [0.25, 0.3) is 0 Å². The van der Waals surface area contributed by atoms with Gasteiger partial charge in [-0.25, -0.2) is 8.42 Å². The summed E-state index contributed by atoms with van der Waals surface area (Å²) in [6.45, 7) is 8.62. The lowest BCUT2D eigenvalue weighted by Gasteiger charge is -2.23. The van der Waals surface area contributed by atoms with Gasteiger partial charge in [-0.2, -0.15) is 0 Å². The Morgan fingerprint density at radius 2 is 1.57 bits per heavy atom. The van der Waals surface area contributed by atoms with Gasteiger partial charge < -0.3 is 9.84 Å². The predicted molar refractivity (Wildman–Crippen MR) is 164 cm³/mol. The number of hydrogen-bond donors (Lipinski definition) is 1. The number of benzene rings is 3. The summed E-state index contributed by atoms with van der Waals surface area (Å²) in [5.74, 6) is -0.208. The number of aryl methyl sites for hydroxylation is 1. The second-order valence-corrected chi connectivity index (χ2v) is 13.7. The monoisotopic (exact) mass is 591 g/mol. The minimum absolute atomic E-state index is 0.0364. The molecule has 0 aliphatic rings. The third-order valence-electron chi connectivity index (χ3n) is 7.27. The number of ether oxygens (including phenoxy) is 1. The Morgan fingerprint density at radius 3 is 2.29 bits per heavy atom. The second-order valence-electron chi connectivity index (χ2n) is 11.7. The van der Waals surface area contributed by atoms with Crippen LogP contribution in [0.2, 0.25) is 0 Å². The van der Waals surface area contributed by atoms with Gasteiger partial charge in [0.1, 0.15) is 22.5 Å². The van der Waals surface area contributed by atoms with E-state index >= 15 is 0 Å². The molecule has 0 aliphatic carbocycles. The molecule has 224 valence electrons. The molecule has 0 spiro atoms. The van der Waals surface area contributed by atoms with E-state index in [4.69, 9.17) is 4.74 Å². The number of hydrogen-bond acceptors (Lipinski definition) is 7. The van der Waals surface area contributed by atoms with Crippen LogP contribution in [0.25, 0.3) is 16.7 Å². The number of aromatic hydroxyl groups is 1. The molecule has 8 nitrogen and oxygen atoms in total. The Bertz CT molecular complexity index is 1620. The summed E-state index contributed by atoms with van der Waals surface area (Å²) in [6, 6.07) is 16.5. The van der Waals surface area contributed by atoms with E-state index in [1.165, 1.54) is 36.2 Å². The number of rotatable bonds is 13. The maximum atomic E-state index is 13.1. The minimum Gasteiger partial charge on any atom is -0.505 e. The van der Waals surface area contributed by atoms with Crippen molar-refractivity contribution in [2.45, 2.75) is 94.3 Å². The molecule has 3 aromatic carbocycles. The van der Waals surface area contributed by atoms with Crippen LogP contribution in [0, 0.1) is 0 Å². The van der Waals surface area contributed by atoms with Crippen molar-refractivity contribution in [3.8, 4) is 11.4 Å². The van der Waals surface area contributed by atoms with Gasteiger partial charge in [-0.05, 0) is 60.2 Å². The predicted octanol–water partition coefficient (Wildman–Crippen LogP) is 7.09. The summed E-state index contributed by atoms with van der Waals surface area (Å²) >= 11 is 0. The number of carbonyl (C=O) groups is 1. The number of phenols is 1.